The molecule has 1 fully saturated rings. The Bertz CT molecular complexity index is 283. The van der Waals surface area contributed by atoms with Gasteiger partial charge in [0.25, 0.3) is 0 Å². The van der Waals surface area contributed by atoms with E-state index in [2.05, 4.69) is 17.2 Å². The molecule has 1 saturated carbocycles. The third-order valence-electron chi connectivity index (χ3n) is 3.11. The van der Waals surface area contributed by atoms with E-state index in [4.69, 9.17) is 5.73 Å². The summed E-state index contributed by atoms with van der Waals surface area (Å²) in [5.74, 6) is 1.00. The van der Waals surface area contributed by atoms with Crippen molar-refractivity contribution in [2.24, 2.45) is 16.6 Å². The second-order valence-electron chi connectivity index (χ2n) is 6.50. The number of aliphatic imine (C=N–C) groups is 1. The highest BCUT2D eigenvalue weighted by molar-refractivity contribution is 5.78. The molecule has 0 spiro atoms. The molecule has 0 aliphatic heterocycles. The van der Waals surface area contributed by atoms with Crippen LogP contribution < -0.4 is 11.1 Å². The topological polar surface area (TPSA) is 70.6 Å². The average Bonchev–Trinajstić information content (AvgIpc) is 2.12. The van der Waals surface area contributed by atoms with E-state index in [1.54, 1.807) is 0 Å². The summed E-state index contributed by atoms with van der Waals surface area (Å²) < 4.78 is 0. The van der Waals surface area contributed by atoms with Crippen molar-refractivity contribution in [2.45, 2.75) is 64.5 Å². The number of guanidine groups is 1. The highest BCUT2D eigenvalue weighted by atomic mass is 16.3. The average molecular weight is 241 g/mol. The van der Waals surface area contributed by atoms with Gasteiger partial charge in [-0.2, -0.15) is 0 Å². The summed E-state index contributed by atoms with van der Waals surface area (Å²) in [7, 11) is 0. The van der Waals surface area contributed by atoms with Crippen molar-refractivity contribution in [1.82, 2.24) is 5.32 Å². The van der Waals surface area contributed by atoms with Gasteiger partial charge in [0, 0.05) is 5.54 Å². The minimum atomic E-state index is -0.651. The van der Waals surface area contributed by atoms with Crippen molar-refractivity contribution in [3.05, 3.63) is 0 Å². The van der Waals surface area contributed by atoms with Gasteiger partial charge in [0.1, 0.15) is 0 Å². The monoisotopic (exact) mass is 241 g/mol. The van der Waals surface area contributed by atoms with Gasteiger partial charge in [-0.1, -0.05) is 19.8 Å². The van der Waals surface area contributed by atoms with Crippen LogP contribution in [0.5, 0.6) is 0 Å². The lowest BCUT2D eigenvalue weighted by molar-refractivity contribution is -0.00409. The van der Waals surface area contributed by atoms with Crippen LogP contribution in [0.15, 0.2) is 4.99 Å². The van der Waals surface area contributed by atoms with E-state index >= 15 is 0 Å². The minimum absolute atomic E-state index is 0.0872. The first kappa shape index (κ1) is 14.3. The summed E-state index contributed by atoms with van der Waals surface area (Å²) in [5, 5.41) is 13.5. The molecular weight excluding hydrogens is 214 g/mol. The van der Waals surface area contributed by atoms with Crippen molar-refractivity contribution in [3.63, 3.8) is 0 Å². The Labute approximate surface area is 105 Å². The molecule has 4 nitrogen and oxygen atoms in total. The summed E-state index contributed by atoms with van der Waals surface area (Å²) >= 11 is 0. The van der Waals surface area contributed by atoms with E-state index < -0.39 is 5.60 Å². The van der Waals surface area contributed by atoms with E-state index in [0.717, 1.165) is 19.3 Å². The number of nitrogens with two attached hydrogens (primary N) is 1. The molecule has 2 atom stereocenters. The molecule has 1 aliphatic rings. The maximum Gasteiger partial charge on any atom is 0.189 e. The summed E-state index contributed by atoms with van der Waals surface area (Å²) in [6, 6.07) is 0. The van der Waals surface area contributed by atoms with Crippen LogP contribution in [-0.4, -0.2) is 28.8 Å². The number of aliphatic hydroxyl groups is 1. The molecule has 0 aromatic rings. The fourth-order valence-corrected chi connectivity index (χ4v) is 2.43. The Morgan fingerprint density at radius 2 is 2.18 bits per heavy atom. The lowest BCUT2D eigenvalue weighted by atomic mass is 9.79. The highest BCUT2D eigenvalue weighted by Gasteiger charge is 2.32. The third-order valence-corrected chi connectivity index (χ3v) is 3.11. The molecule has 1 aliphatic carbocycles. The Kier molecular flexibility index (Phi) is 4.42. The van der Waals surface area contributed by atoms with Gasteiger partial charge in [-0.3, -0.25) is 4.99 Å². The number of nitrogens with zero attached hydrogens (tertiary/aromatic N) is 1. The number of rotatable bonds is 2. The van der Waals surface area contributed by atoms with E-state index in [1.165, 1.54) is 6.42 Å². The molecule has 0 aromatic carbocycles. The predicted molar refractivity (Wildman–Crippen MR) is 72.0 cm³/mol. The van der Waals surface area contributed by atoms with E-state index in [0.29, 0.717) is 18.4 Å². The Morgan fingerprint density at radius 3 is 2.71 bits per heavy atom. The second-order valence-corrected chi connectivity index (χ2v) is 6.50. The van der Waals surface area contributed by atoms with Gasteiger partial charge < -0.3 is 16.2 Å². The maximum absolute atomic E-state index is 10.4. The first-order valence-corrected chi connectivity index (χ1v) is 6.51. The maximum atomic E-state index is 10.4. The van der Waals surface area contributed by atoms with Gasteiger partial charge in [-0.05, 0) is 39.5 Å². The van der Waals surface area contributed by atoms with Crippen molar-refractivity contribution in [3.8, 4) is 0 Å². The first-order valence-electron chi connectivity index (χ1n) is 6.51. The third kappa shape index (κ3) is 5.39. The summed E-state index contributed by atoms with van der Waals surface area (Å²) in [6.07, 6.45) is 3.96. The molecule has 4 N–H and O–H groups in total. The molecule has 0 aromatic heterocycles. The molecular formula is C13H27N3O. The zero-order valence-electron chi connectivity index (χ0n) is 11.6. The molecule has 17 heavy (non-hydrogen) atoms. The first-order chi connectivity index (χ1) is 7.70. The highest BCUT2D eigenvalue weighted by Crippen LogP contribution is 2.32. The summed E-state index contributed by atoms with van der Waals surface area (Å²) in [4.78, 5) is 4.27. The minimum Gasteiger partial charge on any atom is -0.388 e. The Balaban J connectivity index is 2.50. The molecule has 0 amide bonds. The van der Waals surface area contributed by atoms with Gasteiger partial charge in [-0.25, -0.2) is 0 Å². The van der Waals surface area contributed by atoms with Crippen LogP contribution in [-0.2, 0) is 0 Å². The van der Waals surface area contributed by atoms with Crippen molar-refractivity contribution >= 4 is 5.96 Å². The van der Waals surface area contributed by atoms with Gasteiger partial charge in [-0.15, -0.1) is 0 Å². The zero-order valence-corrected chi connectivity index (χ0v) is 11.6. The molecule has 1 rings (SSSR count). The van der Waals surface area contributed by atoms with Gasteiger partial charge in [0.15, 0.2) is 5.96 Å². The molecule has 0 saturated heterocycles. The van der Waals surface area contributed by atoms with Crippen molar-refractivity contribution in [2.75, 3.05) is 6.54 Å². The smallest absolute Gasteiger partial charge is 0.189 e. The lowest BCUT2D eigenvalue weighted by Gasteiger charge is -2.34. The van der Waals surface area contributed by atoms with Crippen LogP contribution in [0.3, 0.4) is 0 Å². The van der Waals surface area contributed by atoms with Crippen LogP contribution in [0.1, 0.15) is 53.4 Å². The quantitative estimate of drug-likeness (QED) is 0.508. The standard InChI is InChI=1S/C13H27N3O/c1-10-6-5-7-13(17,8-10)9-15-11(14)16-12(2,3)4/h10,17H,5-9H2,1-4H3,(H3,14,15,16). The van der Waals surface area contributed by atoms with Crippen LogP contribution in [0.2, 0.25) is 0 Å². The lowest BCUT2D eigenvalue weighted by Crippen LogP contribution is -2.46. The molecule has 2 unspecified atom stereocenters. The number of hydrogen-bond donors (Lipinski definition) is 3. The summed E-state index contributed by atoms with van der Waals surface area (Å²) in [6.45, 7) is 8.70. The Morgan fingerprint density at radius 1 is 1.53 bits per heavy atom. The van der Waals surface area contributed by atoms with Crippen LogP contribution >= 0.6 is 0 Å². The van der Waals surface area contributed by atoms with Crippen molar-refractivity contribution in [1.29, 1.82) is 0 Å². The number of nitrogens with one attached hydrogen (secondary N) is 1. The molecule has 0 bridgehead atoms. The van der Waals surface area contributed by atoms with Crippen LogP contribution in [0, 0.1) is 5.92 Å². The zero-order chi connectivity index (χ0) is 13.1. The van der Waals surface area contributed by atoms with E-state index in [1.807, 2.05) is 20.8 Å². The molecule has 4 heteroatoms. The van der Waals surface area contributed by atoms with Gasteiger partial charge >= 0.3 is 0 Å². The Hall–Kier alpha value is -0.770. The molecule has 0 radical (unpaired) electrons. The SMILES string of the molecule is CC1CCCC(O)(CN=C(N)NC(C)(C)C)C1. The van der Waals surface area contributed by atoms with Crippen LogP contribution in [0.4, 0.5) is 0 Å². The van der Waals surface area contributed by atoms with Gasteiger partial charge in [0.05, 0.1) is 12.1 Å². The normalized spacial score (nSPS) is 31.4. The van der Waals surface area contributed by atoms with Crippen molar-refractivity contribution < 1.29 is 5.11 Å². The molecule has 0 heterocycles. The second kappa shape index (κ2) is 5.25. The largest absolute Gasteiger partial charge is 0.388 e. The van der Waals surface area contributed by atoms with Gasteiger partial charge in [0.2, 0.25) is 0 Å². The summed E-state index contributed by atoms with van der Waals surface area (Å²) in [5.41, 5.74) is 5.06. The number of hydrogen-bond acceptors (Lipinski definition) is 2. The fourth-order valence-electron chi connectivity index (χ4n) is 2.43. The predicted octanol–water partition coefficient (Wildman–Crippen LogP) is 1.63. The van der Waals surface area contributed by atoms with Crippen LogP contribution in [0.25, 0.3) is 0 Å². The van der Waals surface area contributed by atoms with E-state index in [-0.39, 0.29) is 5.54 Å². The van der Waals surface area contributed by atoms with E-state index in [9.17, 15) is 5.11 Å². The molecule has 100 valence electrons. The fraction of sp³-hybridized carbons (Fsp3) is 0.923.